The van der Waals surface area contributed by atoms with Crippen LogP contribution in [-0.2, 0) is 0 Å². The molecule has 0 aromatic heterocycles. The van der Waals surface area contributed by atoms with Crippen LogP contribution in [0.2, 0.25) is 0 Å². The van der Waals surface area contributed by atoms with Gasteiger partial charge in [-0.2, -0.15) is 0 Å². The van der Waals surface area contributed by atoms with Gasteiger partial charge in [0, 0.05) is 0 Å². The summed E-state index contributed by atoms with van der Waals surface area (Å²) in [6.45, 7) is 3.82. The van der Waals surface area contributed by atoms with Gasteiger partial charge in [-0.1, -0.05) is 17.7 Å². The summed E-state index contributed by atoms with van der Waals surface area (Å²) in [5, 5.41) is 0. The largest absolute Gasteiger partial charge is 0.573 e. The van der Waals surface area contributed by atoms with Crippen molar-refractivity contribution in [1.82, 2.24) is 0 Å². The van der Waals surface area contributed by atoms with Gasteiger partial charge in [0.05, 0.1) is 4.47 Å². The van der Waals surface area contributed by atoms with Gasteiger partial charge in [-0.15, -0.1) is 13.2 Å². The quantitative estimate of drug-likeness (QED) is 0.763. The Bertz CT molecular complexity index is 406. The lowest BCUT2D eigenvalue weighted by atomic mass is 10.1. The van der Waals surface area contributed by atoms with Crippen LogP contribution in [0.15, 0.2) is 28.2 Å². The van der Waals surface area contributed by atoms with E-state index in [-0.39, 0.29) is 10.2 Å². The van der Waals surface area contributed by atoms with Crippen LogP contribution in [0.4, 0.5) is 13.2 Å². The van der Waals surface area contributed by atoms with E-state index in [9.17, 15) is 13.2 Å². The van der Waals surface area contributed by atoms with Crippen LogP contribution in [-0.4, -0.2) is 6.36 Å². The van der Waals surface area contributed by atoms with E-state index in [1.54, 1.807) is 12.1 Å². The van der Waals surface area contributed by atoms with E-state index in [4.69, 9.17) is 0 Å². The lowest BCUT2D eigenvalue weighted by Gasteiger charge is -2.10. The van der Waals surface area contributed by atoms with E-state index in [2.05, 4.69) is 20.7 Å². The zero-order valence-electron chi connectivity index (χ0n) is 8.73. The van der Waals surface area contributed by atoms with Crippen LogP contribution in [0.25, 0.3) is 6.08 Å². The molecule has 0 unspecified atom stereocenters. The monoisotopic (exact) mass is 294 g/mol. The van der Waals surface area contributed by atoms with Crippen molar-refractivity contribution in [2.75, 3.05) is 0 Å². The maximum atomic E-state index is 12.0. The van der Waals surface area contributed by atoms with Crippen LogP contribution in [0.1, 0.15) is 19.4 Å². The predicted molar refractivity (Wildman–Crippen MR) is 60.2 cm³/mol. The average Bonchev–Trinajstić information content (AvgIpc) is 2.06. The van der Waals surface area contributed by atoms with Crippen molar-refractivity contribution in [3.05, 3.63) is 33.8 Å². The van der Waals surface area contributed by atoms with E-state index >= 15 is 0 Å². The van der Waals surface area contributed by atoms with Crippen LogP contribution < -0.4 is 4.74 Å². The third-order valence-corrected chi connectivity index (χ3v) is 2.26. The highest BCUT2D eigenvalue weighted by atomic mass is 79.9. The number of allylic oxidation sites excluding steroid dienone is 1. The van der Waals surface area contributed by atoms with E-state index in [0.717, 1.165) is 11.1 Å². The van der Waals surface area contributed by atoms with Crippen LogP contribution >= 0.6 is 15.9 Å². The van der Waals surface area contributed by atoms with Gasteiger partial charge in [0.1, 0.15) is 5.75 Å². The highest BCUT2D eigenvalue weighted by Gasteiger charge is 2.31. The van der Waals surface area contributed by atoms with Gasteiger partial charge in [-0.05, 0) is 47.5 Å². The van der Waals surface area contributed by atoms with Crippen molar-refractivity contribution in [3.8, 4) is 5.75 Å². The molecule has 0 aliphatic carbocycles. The lowest BCUT2D eigenvalue weighted by Crippen LogP contribution is -2.17. The second-order valence-electron chi connectivity index (χ2n) is 3.46. The van der Waals surface area contributed by atoms with Crippen molar-refractivity contribution in [1.29, 1.82) is 0 Å². The fraction of sp³-hybridized carbons (Fsp3) is 0.273. The molecule has 88 valence electrons. The van der Waals surface area contributed by atoms with E-state index < -0.39 is 6.36 Å². The molecule has 0 N–H and O–H groups in total. The number of halogens is 4. The highest BCUT2D eigenvalue weighted by Crippen LogP contribution is 2.31. The van der Waals surface area contributed by atoms with Crippen LogP contribution in [0.5, 0.6) is 5.75 Å². The minimum atomic E-state index is -4.67. The zero-order valence-corrected chi connectivity index (χ0v) is 10.3. The fourth-order valence-corrected chi connectivity index (χ4v) is 1.63. The molecule has 1 aromatic rings. The minimum Gasteiger partial charge on any atom is -0.405 e. The molecule has 0 saturated carbocycles. The Kier molecular flexibility index (Phi) is 4.02. The molecule has 0 atom stereocenters. The van der Waals surface area contributed by atoms with E-state index in [1.165, 1.54) is 6.07 Å². The molecule has 1 rings (SSSR count). The first-order valence-corrected chi connectivity index (χ1v) is 5.27. The zero-order chi connectivity index (χ0) is 12.3. The summed E-state index contributed by atoms with van der Waals surface area (Å²) in [6, 6.07) is 4.43. The Morgan fingerprint density at radius 1 is 1.31 bits per heavy atom. The van der Waals surface area contributed by atoms with Crippen molar-refractivity contribution in [3.63, 3.8) is 0 Å². The third-order valence-electron chi connectivity index (χ3n) is 1.64. The molecule has 0 fully saturated rings. The molecule has 1 aromatic carbocycles. The Balaban J connectivity index is 2.96. The second kappa shape index (κ2) is 4.91. The summed E-state index contributed by atoms with van der Waals surface area (Å²) in [6.07, 6.45) is -2.80. The Morgan fingerprint density at radius 3 is 2.38 bits per heavy atom. The number of benzene rings is 1. The normalized spacial score (nSPS) is 11.1. The Labute approximate surface area is 100 Å². The third kappa shape index (κ3) is 4.26. The summed E-state index contributed by atoms with van der Waals surface area (Å²) in [5.74, 6) is -0.238. The number of hydrogen-bond acceptors (Lipinski definition) is 1. The molecule has 5 heteroatoms. The molecule has 0 heterocycles. The number of hydrogen-bond donors (Lipinski definition) is 0. The molecule has 0 saturated heterocycles. The molecular formula is C11H10BrF3O. The molecule has 1 nitrogen and oxygen atoms in total. The molecule has 0 aliphatic rings. The van der Waals surface area contributed by atoms with Crippen LogP contribution in [0, 0.1) is 0 Å². The van der Waals surface area contributed by atoms with Gasteiger partial charge >= 0.3 is 6.36 Å². The standard InChI is InChI=1S/C11H10BrF3O/c1-7(2)5-8-3-4-10(9(12)6-8)16-11(13,14)15/h3-6H,1-2H3. The van der Waals surface area contributed by atoms with Crippen molar-refractivity contribution < 1.29 is 17.9 Å². The van der Waals surface area contributed by atoms with E-state index in [1.807, 2.05) is 19.9 Å². The summed E-state index contributed by atoms with van der Waals surface area (Å²) in [5.41, 5.74) is 1.89. The van der Waals surface area contributed by atoms with Gasteiger partial charge in [0.25, 0.3) is 0 Å². The highest BCUT2D eigenvalue weighted by molar-refractivity contribution is 9.10. The molecule has 0 bridgehead atoms. The summed E-state index contributed by atoms with van der Waals surface area (Å²) in [7, 11) is 0. The van der Waals surface area contributed by atoms with Crippen LogP contribution in [0.3, 0.4) is 0 Å². The first-order chi connectivity index (χ1) is 7.28. The molecular weight excluding hydrogens is 285 g/mol. The van der Waals surface area contributed by atoms with Gasteiger partial charge in [-0.3, -0.25) is 0 Å². The summed E-state index contributed by atoms with van der Waals surface area (Å²) < 4.78 is 40.0. The first kappa shape index (κ1) is 13.1. The topological polar surface area (TPSA) is 9.23 Å². The maximum Gasteiger partial charge on any atom is 0.573 e. The van der Waals surface area contributed by atoms with Crippen molar-refractivity contribution >= 4 is 22.0 Å². The van der Waals surface area contributed by atoms with Gasteiger partial charge < -0.3 is 4.74 Å². The fourth-order valence-electron chi connectivity index (χ4n) is 1.15. The lowest BCUT2D eigenvalue weighted by molar-refractivity contribution is -0.274. The van der Waals surface area contributed by atoms with Gasteiger partial charge in [0.15, 0.2) is 0 Å². The molecule has 0 spiro atoms. The minimum absolute atomic E-state index is 0.238. The molecule has 0 amide bonds. The molecule has 0 aliphatic heterocycles. The van der Waals surface area contributed by atoms with Crippen molar-refractivity contribution in [2.45, 2.75) is 20.2 Å². The summed E-state index contributed by atoms with van der Waals surface area (Å²) in [4.78, 5) is 0. The smallest absolute Gasteiger partial charge is 0.405 e. The van der Waals surface area contributed by atoms with Gasteiger partial charge in [-0.25, -0.2) is 0 Å². The Morgan fingerprint density at radius 2 is 1.94 bits per heavy atom. The maximum absolute atomic E-state index is 12.0. The first-order valence-electron chi connectivity index (χ1n) is 4.48. The van der Waals surface area contributed by atoms with E-state index in [0.29, 0.717) is 0 Å². The number of ether oxygens (including phenoxy) is 1. The van der Waals surface area contributed by atoms with Gasteiger partial charge in [0.2, 0.25) is 0 Å². The summed E-state index contributed by atoms with van der Waals surface area (Å²) >= 11 is 3.04. The molecule has 0 radical (unpaired) electrons. The predicted octanol–water partition coefficient (Wildman–Crippen LogP) is 4.77. The number of rotatable bonds is 2. The number of alkyl halides is 3. The Hall–Kier alpha value is -0.970. The second-order valence-corrected chi connectivity index (χ2v) is 4.31. The van der Waals surface area contributed by atoms with Crippen molar-refractivity contribution in [2.24, 2.45) is 0 Å². The molecule has 16 heavy (non-hydrogen) atoms. The average molecular weight is 295 g/mol. The SMILES string of the molecule is CC(C)=Cc1ccc(OC(F)(F)F)c(Br)c1.